The van der Waals surface area contributed by atoms with E-state index in [4.69, 9.17) is 0 Å². The first-order valence-corrected chi connectivity index (χ1v) is 7.74. The molecule has 0 aliphatic heterocycles. The SMILES string of the molecule is CCCCCNC(=O)CCNC(=O)[C@H](O)[C@](C)(CC)CO. The van der Waals surface area contributed by atoms with Crippen molar-refractivity contribution in [3.05, 3.63) is 0 Å². The van der Waals surface area contributed by atoms with Crippen LogP contribution in [0.5, 0.6) is 0 Å². The maximum absolute atomic E-state index is 11.8. The molecule has 0 aliphatic carbocycles. The minimum Gasteiger partial charge on any atom is -0.396 e. The van der Waals surface area contributed by atoms with Crippen LogP contribution in [-0.4, -0.2) is 47.8 Å². The largest absolute Gasteiger partial charge is 0.396 e. The second-order valence-corrected chi connectivity index (χ2v) is 5.67. The monoisotopic (exact) mass is 302 g/mol. The second-order valence-electron chi connectivity index (χ2n) is 5.67. The lowest BCUT2D eigenvalue weighted by Gasteiger charge is -2.30. The quantitative estimate of drug-likeness (QED) is 0.419. The van der Waals surface area contributed by atoms with E-state index >= 15 is 0 Å². The molecule has 4 N–H and O–H groups in total. The molecule has 0 aromatic rings. The Balaban J connectivity index is 3.95. The normalized spacial score (nSPS) is 15.1. The highest BCUT2D eigenvalue weighted by Gasteiger charge is 2.35. The molecule has 0 bridgehead atoms. The first-order chi connectivity index (χ1) is 9.91. The molecule has 0 aromatic carbocycles. The van der Waals surface area contributed by atoms with Crippen LogP contribution in [0.25, 0.3) is 0 Å². The van der Waals surface area contributed by atoms with Gasteiger partial charge in [0, 0.05) is 24.9 Å². The van der Waals surface area contributed by atoms with E-state index in [1.165, 1.54) is 0 Å². The lowest BCUT2D eigenvalue weighted by atomic mass is 9.82. The molecule has 2 atom stereocenters. The van der Waals surface area contributed by atoms with Gasteiger partial charge in [-0.05, 0) is 12.8 Å². The molecule has 0 fully saturated rings. The van der Waals surface area contributed by atoms with Gasteiger partial charge < -0.3 is 20.8 Å². The van der Waals surface area contributed by atoms with Gasteiger partial charge in [-0.1, -0.05) is 33.6 Å². The summed E-state index contributed by atoms with van der Waals surface area (Å²) in [5, 5.41) is 24.5. The van der Waals surface area contributed by atoms with Gasteiger partial charge in [-0.15, -0.1) is 0 Å². The number of unbranched alkanes of at least 4 members (excludes halogenated alkanes) is 2. The van der Waals surface area contributed by atoms with Crippen LogP contribution in [0.2, 0.25) is 0 Å². The predicted molar refractivity (Wildman–Crippen MR) is 81.7 cm³/mol. The van der Waals surface area contributed by atoms with E-state index in [1.807, 2.05) is 0 Å². The van der Waals surface area contributed by atoms with Crippen molar-refractivity contribution in [2.45, 2.75) is 59.0 Å². The van der Waals surface area contributed by atoms with E-state index in [-0.39, 0.29) is 25.5 Å². The van der Waals surface area contributed by atoms with Gasteiger partial charge in [-0.25, -0.2) is 0 Å². The molecule has 0 rings (SSSR count). The second kappa shape index (κ2) is 10.6. The summed E-state index contributed by atoms with van der Waals surface area (Å²) in [7, 11) is 0. The molecule has 0 saturated carbocycles. The van der Waals surface area contributed by atoms with Crippen LogP contribution in [0.1, 0.15) is 52.9 Å². The van der Waals surface area contributed by atoms with E-state index in [2.05, 4.69) is 17.6 Å². The number of rotatable bonds is 11. The summed E-state index contributed by atoms with van der Waals surface area (Å²) in [6.07, 6.45) is 2.53. The molecular formula is C15H30N2O4. The van der Waals surface area contributed by atoms with Gasteiger partial charge in [0.1, 0.15) is 6.10 Å². The maximum atomic E-state index is 11.8. The number of hydrogen-bond acceptors (Lipinski definition) is 4. The van der Waals surface area contributed by atoms with Crippen LogP contribution < -0.4 is 10.6 Å². The van der Waals surface area contributed by atoms with E-state index in [9.17, 15) is 19.8 Å². The highest BCUT2D eigenvalue weighted by Crippen LogP contribution is 2.25. The van der Waals surface area contributed by atoms with Crippen LogP contribution in [0.15, 0.2) is 0 Å². The number of amides is 2. The standard InChI is InChI=1S/C15H30N2O4/c1-4-6-7-9-16-12(19)8-10-17-14(21)13(20)15(3,5-2)11-18/h13,18,20H,4-11H2,1-3H3,(H,16,19)(H,17,21)/t13-,15+/m0/s1. The summed E-state index contributed by atoms with van der Waals surface area (Å²) in [6, 6.07) is 0. The molecule has 0 saturated heterocycles. The zero-order valence-electron chi connectivity index (χ0n) is 13.4. The summed E-state index contributed by atoms with van der Waals surface area (Å²) >= 11 is 0. The molecule has 0 spiro atoms. The van der Waals surface area contributed by atoms with Crippen molar-refractivity contribution >= 4 is 11.8 Å². The average molecular weight is 302 g/mol. The Labute approximate surface area is 127 Å². The Hall–Kier alpha value is -1.14. The molecule has 0 aromatic heterocycles. The third-order valence-electron chi connectivity index (χ3n) is 3.83. The van der Waals surface area contributed by atoms with Crippen molar-refractivity contribution in [2.24, 2.45) is 5.41 Å². The van der Waals surface area contributed by atoms with Gasteiger partial charge in [0.05, 0.1) is 6.61 Å². The summed E-state index contributed by atoms with van der Waals surface area (Å²) in [5.74, 6) is -0.659. The number of aliphatic hydroxyl groups excluding tert-OH is 2. The minimum atomic E-state index is -1.28. The first-order valence-electron chi connectivity index (χ1n) is 7.74. The fraction of sp³-hybridized carbons (Fsp3) is 0.867. The van der Waals surface area contributed by atoms with Crippen molar-refractivity contribution in [1.29, 1.82) is 0 Å². The van der Waals surface area contributed by atoms with Crippen molar-refractivity contribution in [2.75, 3.05) is 19.7 Å². The number of carbonyl (C=O) groups excluding carboxylic acids is 2. The number of nitrogens with one attached hydrogen (secondary N) is 2. The first kappa shape index (κ1) is 19.9. The van der Waals surface area contributed by atoms with Crippen molar-refractivity contribution in [3.8, 4) is 0 Å². The Kier molecular flexibility index (Phi) is 9.99. The van der Waals surface area contributed by atoms with Crippen LogP contribution in [0, 0.1) is 5.41 Å². The van der Waals surface area contributed by atoms with Gasteiger partial charge in [0.2, 0.25) is 11.8 Å². The maximum Gasteiger partial charge on any atom is 0.249 e. The van der Waals surface area contributed by atoms with Crippen LogP contribution in [0.4, 0.5) is 0 Å². The van der Waals surface area contributed by atoms with Gasteiger partial charge in [0.15, 0.2) is 0 Å². The Morgan fingerprint density at radius 2 is 1.81 bits per heavy atom. The Morgan fingerprint density at radius 3 is 2.33 bits per heavy atom. The highest BCUT2D eigenvalue weighted by atomic mass is 16.3. The van der Waals surface area contributed by atoms with E-state index in [0.717, 1.165) is 19.3 Å². The Bertz CT molecular complexity index is 317. The fourth-order valence-corrected chi connectivity index (χ4v) is 1.80. The summed E-state index contributed by atoms with van der Waals surface area (Å²) < 4.78 is 0. The van der Waals surface area contributed by atoms with Crippen molar-refractivity contribution < 1.29 is 19.8 Å². The molecule has 0 radical (unpaired) electrons. The predicted octanol–water partition coefficient (Wildman–Crippen LogP) is 0.569. The van der Waals surface area contributed by atoms with Gasteiger partial charge >= 0.3 is 0 Å². The van der Waals surface area contributed by atoms with Crippen molar-refractivity contribution in [1.82, 2.24) is 10.6 Å². The van der Waals surface area contributed by atoms with Crippen LogP contribution in [-0.2, 0) is 9.59 Å². The highest BCUT2D eigenvalue weighted by molar-refractivity contribution is 5.82. The molecular weight excluding hydrogens is 272 g/mol. The molecule has 6 heteroatoms. The minimum absolute atomic E-state index is 0.110. The van der Waals surface area contributed by atoms with Crippen LogP contribution >= 0.6 is 0 Å². The Morgan fingerprint density at radius 1 is 1.14 bits per heavy atom. The zero-order valence-corrected chi connectivity index (χ0v) is 13.4. The summed E-state index contributed by atoms with van der Waals surface area (Å²) in [5.41, 5.74) is -0.855. The third-order valence-corrected chi connectivity index (χ3v) is 3.83. The summed E-state index contributed by atoms with van der Waals surface area (Å²) in [6.45, 7) is 6.12. The van der Waals surface area contributed by atoms with E-state index in [0.29, 0.717) is 13.0 Å². The molecule has 124 valence electrons. The number of aliphatic hydroxyl groups is 2. The lowest BCUT2D eigenvalue weighted by Crippen LogP contribution is -2.47. The van der Waals surface area contributed by atoms with Crippen LogP contribution in [0.3, 0.4) is 0 Å². The number of hydrogen-bond donors (Lipinski definition) is 4. The molecule has 0 unspecified atom stereocenters. The average Bonchev–Trinajstić information content (AvgIpc) is 2.49. The topological polar surface area (TPSA) is 98.7 Å². The van der Waals surface area contributed by atoms with E-state index in [1.54, 1.807) is 13.8 Å². The number of carbonyl (C=O) groups is 2. The lowest BCUT2D eigenvalue weighted by molar-refractivity contribution is -0.138. The molecule has 21 heavy (non-hydrogen) atoms. The zero-order chi connectivity index (χ0) is 16.3. The van der Waals surface area contributed by atoms with Gasteiger partial charge in [-0.3, -0.25) is 9.59 Å². The fourth-order valence-electron chi connectivity index (χ4n) is 1.80. The molecule has 0 aliphatic rings. The molecule has 0 heterocycles. The smallest absolute Gasteiger partial charge is 0.249 e. The third kappa shape index (κ3) is 7.43. The van der Waals surface area contributed by atoms with Crippen molar-refractivity contribution in [3.63, 3.8) is 0 Å². The molecule has 2 amide bonds. The van der Waals surface area contributed by atoms with Gasteiger partial charge in [0.25, 0.3) is 0 Å². The summed E-state index contributed by atoms with van der Waals surface area (Å²) in [4.78, 5) is 23.3. The van der Waals surface area contributed by atoms with Gasteiger partial charge in [-0.2, -0.15) is 0 Å². The molecule has 6 nitrogen and oxygen atoms in total. The van der Waals surface area contributed by atoms with E-state index < -0.39 is 17.4 Å².